The monoisotopic (exact) mass is 883 g/mol. The van der Waals surface area contributed by atoms with E-state index in [-0.39, 0.29) is 0 Å². The molecule has 0 aliphatic rings. The highest BCUT2D eigenvalue weighted by Gasteiger charge is 2.30. The van der Waals surface area contributed by atoms with Crippen molar-refractivity contribution in [3.63, 3.8) is 0 Å². The van der Waals surface area contributed by atoms with Crippen molar-refractivity contribution in [2.24, 2.45) is 0 Å². The molecular formula is C49H46B16N4O. The molecule has 0 amide bonds. The molecule has 316 valence electrons. The van der Waals surface area contributed by atoms with E-state index in [4.69, 9.17) is 19.4 Å². The van der Waals surface area contributed by atoms with Crippen molar-refractivity contribution in [3.05, 3.63) is 84.9 Å². The molecule has 0 aliphatic carbocycles. The first-order valence-electron chi connectivity index (χ1n) is 24.8. The lowest BCUT2D eigenvalue weighted by molar-refractivity contribution is 0.674. The molecule has 0 saturated carbocycles. The normalized spacial score (nSPS) is 11.8. The molecule has 5 nitrogen and oxygen atoms in total. The second-order valence-electron chi connectivity index (χ2n) is 20.4. The highest BCUT2D eigenvalue weighted by atomic mass is 16.3. The maximum Gasteiger partial charge on any atom is 0.164 e. The van der Waals surface area contributed by atoms with E-state index in [1.807, 2.05) is 24.3 Å². The van der Waals surface area contributed by atoms with Crippen molar-refractivity contribution in [3.8, 4) is 51.0 Å². The van der Waals surface area contributed by atoms with Crippen LogP contribution in [0.25, 0.3) is 105 Å². The highest BCUT2D eigenvalue weighted by molar-refractivity contribution is 6.74. The van der Waals surface area contributed by atoms with Crippen LogP contribution in [0.5, 0.6) is 0 Å². The van der Waals surface area contributed by atoms with Gasteiger partial charge in [-0.15, -0.1) is 16.4 Å². The first-order valence-corrected chi connectivity index (χ1v) is 24.8. The number of hydrogen-bond donors (Lipinski definition) is 0. The SMILES string of the molecule is Bc1c(B)c(-c2nc(-c3ccccc3)nc(-c3ccc(-c4ccccc4)cc3)n2)c2c(oc3c(B)c(-n4c5c(B)c(B)c(B)c(B)c5c5c(B)c(B)c6c(B)c(B)c(B)c(B)c6c54)c(B)c(B)c32)c1B. The van der Waals surface area contributed by atoms with Crippen LogP contribution < -0.4 is 87.4 Å². The second kappa shape index (κ2) is 16.6. The Morgan fingerprint density at radius 2 is 0.671 bits per heavy atom. The fourth-order valence-electron chi connectivity index (χ4n) is 12.0. The van der Waals surface area contributed by atoms with Gasteiger partial charge in [0.1, 0.15) is 137 Å². The topological polar surface area (TPSA) is 56.7 Å². The van der Waals surface area contributed by atoms with Gasteiger partial charge in [0.2, 0.25) is 0 Å². The first-order chi connectivity index (χ1) is 33.4. The summed E-state index contributed by atoms with van der Waals surface area (Å²) in [5, 5.41) is 7.60. The molecule has 0 fully saturated rings. The van der Waals surface area contributed by atoms with Crippen LogP contribution >= 0.6 is 0 Å². The molecule has 11 rings (SSSR count). The van der Waals surface area contributed by atoms with Gasteiger partial charge >= 0.3 is 0 Å². The number of hydrogen-bond acceptors (Lipinski definition) is 4. The maximum absolute atomic E-state index is 7.42. The maximum atomic E-state index is 7.42. The van der Waals surface area contributed by atoms with E-state index in [2.05, 4.69) is 191 Å². The average molecular weight is 880 g/mol. The van der Waals surface area contributed by atoms with Gasteiger partial charge in [-0.3, -0.25) is 0 Å². The molecule has 0 radical (unpaired) electrons. The van der Waals surface area contributed by atoms with Crippen molar-refractivity contribution in [2.75, 3.05) is 0 Å². The van der Waals surface area contributed by atoms with Gasteiger partial charge in [0.05, 0.1) is 5.52 Å². The summed E-state index contributed by atoms with van der Waals surface area (Å²) in [6.45, 7) is 0. The minimum atomic E-state index is 0.629. The Morgan fingerprint density at radius 3 is 1.26 bits per heavy atom. The van der Waals surface area contributed by atoms with Crippen LogP contribution in [0.4, 0.5) is 0 Å². The van der Waals surface area contributed by atoms with Gasteiger partial charge in [-0.1, -0.05) is 150 Å². The van der Waals surface area contributed by atoms with Crippen LogP contribution in [0.3, 0.4) is 0 Å². The van der Waals surface area contributed by atoms with Crippen molar-refractivity contribution < 1.29 is 4.42 Å². The van der Waals surface area contributed by atoms with Crippen LogP contribution in [-0.2, 0) is 0 Å². The number of fused-ring (bicyclic) bond motifs is 8. The number of rotatable bonds is 5. The van der Waals surface area contributed by atoms with Crippen molar-refractivity contribution >= 4 is 267 Å². The van der Waals surface area contributed by atoms with Crippen molar-refractivity contribution in [1.82, 2.24) is 19.5 Å². The third kappa shape index (κ3) is 6.44. The summed E-state index contributed by atoms with van der Waals surface area (Å²) in [4.78, 5) is 15.9. The molecule has 8 aromatic carbocycles. The van der Waals surface area contributed by atoms with Crippen LogP contribution in [0.2, 0.25) is 0 Å². The molecule has 0 aliphatic heterocycles. The molecule has 0 spiro atoms. The predicted molar refractivity (Wildman–Crippen MR) is 352 cm³/mol. The molecular weight excluding hydrogens is 834 g/mol. The van der Waals surface area contributed by atoms with Gasteiger partial charge in [-0.25, -0.2) is 15.0 Å². The van der Waals surface area contributed by atoms with E-state index in [9.17, 15) is 0 Å². The van der Waals surface area contributed by atoms with E-state index < -0.39 is 0 Å². The fraction of sp³-hybridized carbons (Fsp3) is 0. The lowest BCUT2D eigenvalue weighted by Crippen LogP contribution is -2.50. The van der Waals surface area contributed by atoms with E-state index >= 15 is 0 Å². The van der Waals surface area contributed by atoms with Gasteiger partial charge in [0.15, 0.2) is 17.5 Å². The molecule has 0 unspecified atom stereocenters. The van der Waals surface area contributed by atoms with Crippen LogP contribution in [-0.4, -0.2) is 145 Å². The van der Waals surface area contributed by atoms with Crippen LogP contribution in [0.1, 0.15) is 0 Å². The lowest BCUT2D eigenvalue weighted by atomic mass is 9.61. The van der Waals surface area contributed by atoms with E-state index in [0.717, 1.165) is 66.0 Å². The van der Waals surface area contributed by atoms with Gasteiger partial charge < -0.3 is 8.98 Å². The Hall–Kier alpha value is -6.33. The summed E-state index contributed by atoms with van der Waals surface area (Å²) in [5.41, 5.74) is 31.2. The first kappa shape index (κ1) is 46.1. The summed E-state index contributed by atoms with van der Waals surface area (Å²) in [7, 11) is 36.8. The smallest absolute Gasteiger partial charge is 0.164 e. The zero-order chi connectivity index (χ0) is 49.5. The quantitative estimate of drug-likeness (QED) is 0.162. The van der Waals surface area contributed by atoms with Gasteiger partial charge in [-0.2, -0.15) is 0 Å². The molecule has 0 N–H and O–H groups in total. The second-order valence-corrected chi connectivity index (χ2v) is 20.4. The Kier molecular flexibility index (Phi) is 11.0. The standard InChI is InChI=1S/C49H46B16N4O/c50-26-20-21(29(53)34(58)33(57)27(20)51)42-22(28(26)52)23-30(54)35(59)37(61)39(63)43(23)69(42)44-38(62)31(55)24-19-25(32(56)36(60)40(64)45(19)70-46(24)41(44)65)49-67-47(17-9-5-2-6-10-17)66-48(68-49)18-13-11-16(12-14-18)15-7-3-1-4-8-15/h1-14H,50-65H2. The molecule has 0 saturated heterocycles. The van der Waals surface area contributed by atoms with Gasteiger partial charge in [0, 0.05) is 44.1 Å². The van der Waals surface area contributed by atoms with Crippen LogP contribution in [0.15, 0.2) is 89.3 Å². The number of benzene rings is 8. The fourth-order valence-corrected chi connectivity index (χ4v) is 12.0. The largest absolute Gasteiger partial charge is 0.457 e. The molecule has 3 aromatic heterocycles. The molecule has 70 heavy (non-hydrogen) atoms. The Balaban J connectivity index is 1.26. The zero-order valence-corrected chi connectivity index (χ0v) is 43.8. The predicted octanol–water partition coefficient (Wildman–Crippen LogP) is -15.2. The summed E-state index contributed by atoms with van der Waals surface area (Å²) in [5.74, 6) is 1.90. The van der Waals surface area contributed by atoms with Crippen molar-refractivity contribution in [2.45, 2.75) is 0 Å². The Bertz CT molecular complexity index is 4120. The van der Waals surface area contributed by atoms with Crippen molar-refractivity contribution in [1.29, 1.82) is 0 Å². The summed E-state index contributed by atoms with van der Waals surface area (Å²) >= 11 is 0. The number of nitrogens with zero attached hydrogens (tertiary/aromatic N) is 4. The average Bonchev–Trinajstić information content (AvgIpc) is 3.94. The number of furan rings is 1. The third-order valence-electron chi connectivity index (χ3n) is 17.2. The molecule has 3 heterocycles. The minimum absolute atomic E-state index is 0.629. The number of aromatic nitrogens is 4. The Labute approximate surface area is 424 Å². The van der Waals surface area contributed by atoms with Crippen LogP contribution in [0, 0.1) is 0 Å². The van der Waals surface area contributed by atoms with E-state index in [1.165, 1.54) is 109 Å². The Morgan fingerprint density at radius 1 is 0.286 bits per heavy atom. The molecule has 21 heteroatoms. The molecule has 11 aromatic rings. The summed E-state index contributed by atoms with van der Waals surface area (Å²) in [6.07, 6.45) is 0. The molecule has 0 bridgehead atoms. The van der Waals surface area contributed by atoms with Gasteiger partial charge in [0.25, 0.3) is 0 Å². The van der Waals surface area contributed by atoms with Gasteiger partial charge in [-0.05, 0) is 32.7 Å². The summed E-state index contributed by atoms with van der Waals surface area (Å²) < 4.78 is 10.1. The minimum Gasteiger partial charge on any atom is -0.457 e. The molecule has 0 atom stereocenters. The zero-order valence-electron chi connectivity index (χ0n) is 43.8. The summed E-state index contributed by atoms with van der Waals surface area (Å²) in [6, 6.07) is 29.3. The third-order valence-corrected chi connectivity index (χ3v) is 17.2. The van der Waals surface area contributed by atoms with E-state index in [1.54, 1.807) is 0 Å². The lowest BCUT2D eigenvalue weighted by Gasteiger charge is -2.24. The highest BCUT2D eigenvalue weighted by Crippen LogP contribution is 2.36. The van der Waals surface area contributed by atoms with E-state index in [0.29, 0.717) is 17.5 Å².